The SMILES string of the molecule is CCC(CC)CN(CC)C1=NCC(CBr)S1. The molecule has 4 heteroatoms. The monoisotopic (exact) mass is 306 g/mol. The molecule has 1 aliphatic rings. The van der Waals surface area contributed by atoms with E-state index in [0.717, 1.165) is 24.3 Å². The van der Waals surface area contributed by atoms with Gasteiger partial charge in [-0.2, -0.15) is 0 Å². The van der Waals surface area contributed by atoms with Gasteiger partial charge in [-0.25, -0.2) is 0 Å². The van der Waals surface area contributed by atoms with Crippen LogP contribution >= 0.6 is 27.7 Å². The Bertz CT molecular complexity index is 229. The van der Waals surface area contributed by atoms with Crippen LogP contribution in [0.4, 0.5) is 0 Å². The number of alkyl halides is 1. The molecule has 0 saturated heterocycles. The Morgan fingerprint density at radius 3 is 2.56 bits per heavy atom. The number of aliphatic imine (C=N–C) groups is 1. The van der Waals surface area contributed by atoms with Crippen molar-refractivity contribution < 1.29 is 0 Å². The van der Waals surface area contributed by atoms with E-state index in [2.05, 4.69) is 46.6 Å². The van der Waals surface area contributed by atoms with E-state index in [1.807, 2.05) is 11.8 Å². The van der Waals surface area contributed by atoms with Crippen molar-refractivity contribution in [1.82, 2.24) is 4.90 Å². The molecule has 2 nitrogen and oxygen atoms in total. The van der Waals surface area contributed by atoms with Crippen LogP contribution in [-0.2, 0) is 0 Å². The number of halogens is 1. The van der Waals surface area contributed by atoms with Crippen molar-refractivity contribution in [2.45, 2.75) is 38.9 Å². The number of hydrogen-bond acceptors (Lipinski definition) is 3. The molecule has 1 rings (SSSR count). The van der Waals surface area contributed by atoms with Crippen LogP contribution in [0.1, 0.15) is 33.6 Å². The summed E-state index contributed by atoms with van der Waals surface area (Å²) in [5.74, 6) is 0.811. The molecule has 0 aromatic carbocycles. The van der Waals surface area contributed by atoms with Gasteiger partial charge in [-0.1, -0.05) is 54.4 Å². The van der Waals surface area contributed by atoms with Gasteiger partial charge in [-0.15, -0.1) is 0 Å². The smallest absolute Gasteiger partial charge is 0.159 e. The Morgan fingerprint density at radius 2 is 2.12 bits per heavy atom. The Hall–Kier alpha value is 0.300. The fraction of sp³-hybridized carbons (Fsp3) is 0.917. The van der Waals surface area contributed by atoms with E-state index < -0.39 is 0 Å². The third-order valence-electron chi connectivity index (χ3n) is 3.16. The number of amidine groups is 1. The molecule has 0 fully saturated rings. The average Bonchev–Trinajstić information content (AvgIpc) is 2.79. The standard InChI is InChI=1S/C12H23BrN2S/c1-4-10(5-2)9-15(6-3)12-14-8-11(7-13)16-12/h10-11H,4-9H2,1-3H3. The summed E-state index contributed by atoms with van der Waals surface area (Å²) >= 11 is 5.48. The van der Waals surface area contributed by atoms with Gasteiger partial charge in [0.05, 0.1) is 6.54 Å². The third-order valence-corrected chi connectivity index (χ3v) is 5.62. The lowest BCUT2D eigenvalue weighted by Crippen LogP contribution is -2.32. The molecule has 0 saturated carbocycles. The summed E-state index contributed by atoms with van der Waals surface area (Å²) in [6.45, 7) is 10.0. The van der Waals surface area contributed by atoms with Crippen LogP contribution in [0.15, 0.2) is 4.99 Å². The zero-order valence-corrected chi connectivity index (χ0v) is 13.0. The Labute approximate surface area is 112 Å². The number of nitrogens with zero attached hydrogens (tertiary/aromatic N) is 2. The summed E-state index contributed by atoms with van der Waals surface area (Å²) in [5, 5.41) is 2.96. The van der Waals surface area contributed by atoms with Crippen LogP contribution in [0, 0.1) is 5.92 Å². The van der Waals surface area contributed by atoms with E-state index in [1.54, 1.807) is 0 Å². The number of rotatable bonds is 6. The van der Waals surface area contributed by atoms with Crippen molar-refractivity contribution in [2.75, 3.05) is 25.0 Å². The van der Waals surface area contributed by atoms with Crippen LogP contribution in [0.2, 0.25) is 0 Å². The molecule has 0 amide bonds. The highest BCUT2D eigenvalue weighted by Gasteiger charge is 2.23. The lowest BCUT2D eigenvalue weighted by molar-refractivity contribution is 0.339. The van der Waals surface area contributed by atoms with Gasteiger partial charge in [-0.05, 0) is 12.8 Å². The summed E-state index contributed by atoms with van der Waals surface area (Å²) in [5.41, 5.74) is 0. The van der Waals surface area contributed by atoms with Crippen LogP contribution < -0.4 is 0 Å². The second kappa shape index (κ2) is 7.59. The minimum atomic E-state index is 0.644. The first-order valence-electron chi connectivity index (χ1n) is 6.27. The molecular weight excluding hydrogens is 284 g/mol. The summed E-state index contributed by atoms with van der Waals surface area (Å²) in [6.07, 6.45) is 2.54. The van der Waals surface area contributed by atoms with Crippen molar-refractivity contribution in [2.24, 2.45) is 10.9 Å². The van der Waals surface area contributed by atoms with Gasteiger partial charge in [0, 0.05) is 23.7 Å². The highest BCUT2D eigenvalue weighted by atomic mass is 79.9. The minimum absolute atomic E-state index is 0.644. The zero-order valence-electron chi connectivity index (χ0n) is 10.6. The summed E-state index contributed by atoms with van der Waals surface area (Å²) in [7, 11) is 0. The van der Waals surface area contributed by atoms with Crippen LogP contribution in [-0.4, -0.2) is 40.3 Å². The van der Waals surface area contributed by atoms with Crippen LogP contribution in [0.5, 0.6) is 0 Å². The first-order valence-corrected chi connectivity index (χ1v) is 8.27. The molecule has 0 bridgehead atoms. The predicted octanol–water partition coefficient (Wildman–Crippen LogP) is 3.61. The van der Waals surface area contributed by atoms with Gasteiger partial charge in [0.25, 0.3) is 0 Å². The molecule has 1 atom stereocenters. The summed E-state index contributed by atoms with van der Waals surface area (Å²) < 4.78 is 0. The lowest BCUT2D eigenvalue weighted by Gasteiger charge is -2.26. The second-order valence-corrected chi connectivity index (χ2v) is 6.15. The fourth-order valence-electron chi connectivity index (χ4n) is 1.86. The maximum absolute atomic E-state index is 4.66. The maximum Gasteiger partial charge on any atom is 0.159 e. The molecule has 1 heterocycles. The van der Waals surface area contributed by atoms with E-state index in [4.69, 9.17) is 0 Å². The Balaban J connectivity index is 2.48. The summed E-state index contributed by atoms with van der Waals surface area (Å²) in [6, 6.07) is 0. The topological polar surface area (TPSA) is 15.6 Å². The van der Waals surface area contributed by atoms with E-state index in [9.17, 15) is 0 Å². The van der Waals surface area contributed by atoms with Crippen molar-refractivity contribution in [1.29, 1.82) is 0 Å². The number of hydrogen-bond donors (Lipinski definition) is 0. The van der Waals surface area contributed by atoms with E-state index in [-0.39, 0.29) is 0 Å². The molecular formula is C12H23BrN2S. The molecule has 1 unspecified atom stereocenters. The van der Waals surface area contributed by atoms with Crippen molar-refractivity contribution in [3.8, 4) is 0 Å². The normalized spacial score (nSPS) is 20.3. The predicted molar refractivity (Wildman–Crippen MR) is 78.8 cm³/mol. The minimum Gasteiger partial charge on any atom is -0.351 e. The van der Waals surface area contributed by atoms with Gasteiger partial charge < -0.3 is 4.90 Å². The molecule has 94 valence electrons. The molecule has 0 radical (unpaired) electrons. The molecule has 0 aliphatic carbocycles. The highest BCUT2D eigenvalue weighted by molar-refractivity contribution is 9.09. The van der Waals surface area contributed by atoms with Crippen molar-refractivity contribution >= 4 is 32.9 Å². The van der Waals surface area contributed by atoms with Crippen molar-refractivity contribution in [3.05, 3.63) is 0 Å². The molecule has 0 aromatic heterocycles. The Kier molecular flexibility index (Phi) is 6.81. The molecule has 0 N–H and O–H groups in total. The van der Waals surface area contributed by atoms with Crippen LogP contribution in [0.3, 0.4) is 0 Å². The van der Waals surface area contributed by atoms with Gasteiger partial charge in [0.1, 0.15) is 0 Å². The molecule has 0 aromatic rings. The molecule has 0 spiro atoms. The van der Waals surface area contributed by atoms with Gasteiger partial charge >= 0.3 is 0 Å². The summed E-state index contributed by atoms with van der Waals surface area (Å²) in [4.78, 5) is 7.11. The van der Waals surface area contributed by atoms with Gasteiger partial charge in [0.15, 0.2) is 5.17 Å². The fourth-order valence-corrected chi connectivity index (χ4v) is 3.47. The lowest BCUT2D eigenvalue weighted by atomic mass is 10.0. The average molecular weight is 307 g/mol. The largest absolute Gasteiger partial charge is 0.351 e. The van der Waals surface area contributed by atoms with Gasteiger partial charge in [-0.3, -0.25) is 4.99 Å². The number of thioether (sulfide) groups is 1. The van der Waals surface area contributed by atoms with E-state index >= 15 is 0 Å². The molecule has 1 aliphatic heterocycles. The second-order valence-electron chi connectivity index (χ2n) is 4.24. The maximum atomic E-state index is 4.66. The first kappa shape index (κ1) is 14.4. The van der Waals surface area contributed by atoms with Crippen LogP contribution in [0.25, 0.3) is 0 Å². The van der Waals surface area contributed by atoms with E-state index in [0.29, 0.717) is 5.25 Å². The Morgan fingerprint density at radius 1 is 1.44 bits per heavy atom. The zero-order chi connectivity index (χ0) is 12.0. The quantitative estimate of drug-likeness (QED) is 0.697. The van der Waals surface area contributed by atoms with Gasteiger partial charge in [0.2, 0.25) is 0 Å². The highest BCUT2D eigenvalue weighted by Crippen LogP contribution is 2.25. The third kappa shape index (κ3) is 3.95. The molecule has 16 heavy (non-hydrogen) atoms. The van der Waals surface area contributed by atoms with E-state index in [1.165, 1.54) is 24.6 Å². The van der Waals surface area contributed by atoms with Crippen molar-refractivity contribution in [3.63, 3.8) is 0 Å². The first-order chi connectivity index (χ1) is 7.74.